The molecular weight excluding hydrogens is 589 g/mol. The number of anilines is 6. The van der Waals surface area contributed by atoms with Gasteiger partial charge in [0.1, 0.15) is 16.7 Å². The van der Waals surface area contributed by atoms with E-state index >= 15 is 0 Å². The summed E-state index contributed by atoms with van der Waals surface area (Å²) in [5, 5.41) is 4.26. The highest BCUT2D eigenvalue weighted by molar-refractivity contribution is 7.20. The highest BCUT2D eigenvalue weighted by Gasteiger charge is 2.20. The quantitative estimate of drug-likeness (QED) is 0.170. The molecule has 1 aliphatic rings. The molecular formula is C39H28N4S2. The zero-order chi connectivity index (χ0) is 30.0. The number of benzene rings is 5. The van der Waals surface area contributed by atoms with Crippen molar-refractivity contribution < 1.29 is 0 Å². The Morgan fingerprint density at radius 3 is 1.04 bits per heavy atom. The second kappa shape index (κ2) is 12.0. The fourth-order valence-corrected chi connectivity index (χ4v) is 7.92. The molecule has 0 radical (unpaired) electrons. The molecule has 2 aromatic heterocycles. The van der Waals surface area contributed by atoms with Crippen molar-refractivity contribution in [2.75, 3.05) is 16.5 Å². The first-order valence-electron chi connectivity index (χ1n) is 14.9. The maximum Gasteiger partial charge on any atom is 0.130 e. The van der Waals surface area contributed by atoms with Crippen LogP contribution >= 0.6 is 22.7 Å². The van der Waals surface area contributed by atoms with E-state index in [2.05, 4.69) is 168 Å². The molecule has 8 rings (SSSR count). The lowest BCUT2D eigenvalue weighted by molar-refractivity contribution is 1.06. The molecule has 0 aliphatic carbocycles. The third-order valence-corrected chi connectivity index (χ3v) is 10.0. The average Bonchev–Trinajstić information content (AvgIpc) is 3.89. The van der Waals surface area contributed by atoms with Crippen LogP contribution < -0.4 is 20.5 Å². The molecule has 0 N–H and O–H groups in total. The molecule has 216 valence electrons. The SMILES string of the molecule is c1ccc(N(c2ccccc2)c2ccc(-c3ccc(-c4ccc(N(c5ccccc5)c5ccccc5)s4)c4c3=NCN=4)s2)cc1. The van der Waals surface area contributed by atoms with Gasteiger partial charge in [0.05, 0.1) is 10.7 Å². The highest BCUT2D eigenvalue weighted by Crippen LogP contribution is 2.43. The van der Waals surface area contributed by atoms with Crippen LogP contribution in [-0.2, 0) is 0 Å². The summed E-state index contributed by atoms with van der Waals surface area (Å²) in [6.07, 6.45) is 0. The Labute approximate surface area is 270 Å². The van der Waals surface area contributed by atoms with E-state index in [-0.39, 0.29) is 0 Å². The molecule has 5 aromatic carbocycles. The van der Waals surface area contributed by atoms with Crippen LogP contribution in [0.25, 0.3) is 20.9 Å². The zero-order valence-corrected chi connectivity index (χ0v) is 26.0. The van der Waals surface area contributed by atoms with E-state index in [0.717, 1.165) is 54.6 Å². The van der Waals surface area contributed by atoms with Gasteiger partial charge in [-0.1, -0.05) is 84.9 Å². The summed E-state index contributed by atoms with van der Waals surface area (Å²) >= 11 is 3.55. The lowest BCUT2D eigenvalue weighted by atomic mass is 10.1. The van der Waals surface area contributed by atoms with E-state index in [0.29, 0.717) is 6.67 Å². The first-order chi connectivity index (χ1) is 22.3. The molecule has 0 unspecified atom stereocenters. The standard InChI is InChI=1S/C39H28N4S2/c1-5-13-28(14-6-1)42(29-15-7-2-8-16-29)36-25-23-34(44-36)32-21-22-33(39-38(32)40-27-41-39)35-24-26-37(45-35)43(30-17-9-3-10-18-30)31-19-11-4-12-20-31/h1-26H,27H2. The first kappa shape index (κ1) is 27.3. The molecule has 0 amide bonds. The van der Waals surface area contributed by atoms with Crippen LogP contribution in [-0.4, -0.2) is 6.67 Å². The summed E-state index contributed by atoms with van der Waals surface area (Å²) in [4.78, 5) is 16.8. The number of para-hydroxylation sites is 4. The molecule has 6 heteroatoms. The van der Waals surface area contributed by atoms with Crippen LogP contribution in [0, 0.1) is 0 Å². The van der Waals surface area contributed by atoms with Crippen molar-refractivity contribution in [3.05, 3.63) is 168 Å². The number of nitrogens with zero attached hydrogens (tertiary/aromatic N) is 4. The minimum atomic E-state index is 0.454. The largest absolute Gasteiger partial charge is 0.302 e. The van der Waals surface area contributed by atoms with Crippen molar-refractivity contribution in [1.29, 1.82) is 0 Å². The number of rotatable bonds is 8. The molecule has 7 aromatic rings. The van der Waals surface area contributed by atoms with E-state index in [1.165, 1.54) is 9.75 Å². The summed E-state index contributed by atoms with van der Waals surface area (Å²) in [6, 6.07) is 55.4. The molecule has 0 saturated heterocycles. The third-order valence-electron chi connectivity index (χ3n) is 7.82. The fourth-order valence-electron chi connectivity index (χ4n) is 5.77. The van der Waals surface area contributed by atoms with Gasteiger partial charge in [-0.05, 0) is 72.8 Å². The highest BCUT2D eigenvalue weighted by atomic mass is 32.1. The summed E-state index contributed by atoms with van der Waals surface area (Å²) in [5.41, 5.74) is 6.77. The molecule has 0 saturated carbocycles. The number of hydrogen-bond donors (Lipinski definition) is 0. The second-order valence-electron chi connectivity index (χ2n) is 10.6. The summed E-state index contributed by atoms with van der Waals surface area (Å²) in [7, 11) is 0. The Kier molecular flexibility index (Phi) is 7.27. The van der Waals surface area contributed by atoms with E-state index in [1.54, 1.807) is 22.7 Å². The lowest BCUT2D eigenvalue weighted by Crippen LogP contribution is -2.25. The normalized spacial score (nSPS) is 11.8. The summed E-state index contributed by atoms with van der Waals surface area (Å²) in [6.45, 7) is 0.454. The van der Waals surface area contributed by atoms with Crippen molar-refractivity contribution in [1.82, 2.24) is 0 Å². The Balaban J connectivity index is 1.17. The van der Waals surface area contributed by atoms with Gasteiger partial charge >= 0.3 is 0 Å². The average molecular weight is 617 g/mol. The smallest absolute Gasteiger partial charge is 0.130 e. The minimum Gasteiger partial charge on any atom is -0.302 e. The molecule has 0 spiro atoms. The molecule has 45 heavy (non-hydrogen) atoms. The Morgan fingerprint density at radius 2 is 0.711 bits per heavy atom. The van der Waals surface area contributed by atoms with E-state index in [1.807, 2.05) is 0 Å². The van der Waals surface area contributed by atoms with Gasteiger partial charge in [-0.3, -0.25) is 9.98 Å². The van der Waals surface area contributed by atoms with Gasteiger partial charge in [0.25, 0.3) is 0 Å². The second-order valence-corrected chi connectivity index (χ2v) is 12.7. The number of hydrogen-bond acceptors (Lipinski definition) is 6. The van der Waals surface area contributed by atoms with Crippen molar-refractivity contribution in [3.8, 4) is 20.9 Å². The van der Waals surface area contributed by atoms with Gasteiger partial charge < -0.3 is 9.80 Å². The van der Waals surface area contributed by atoms with Gasteiger partial charge in [-0.15, -0.1) is 22.7 Å². The van der Waals surface area contributed by atoms with Gasteiger partial charge in [0.2, 0.25) is 0 Å². The molecule has 0 atom stereocenters. The van der Waals surface area contributed by atoms with Crippen LogP contribution in [0.15, 0.2) is 168 Å². The summed E-state index contributed by atoms with van der Waals surface area (Å²) < 4.78 is 0. The summed E-state index contributed by atoms with van der Waals surface area (Å²) in [5.74, 6) is 0. The predicted molar refractivity (Wildman–Crippen MR) is 190 cm³/mol. The molecule has 0 bridgehead atoms. The lowest BCUT2D eigenvalue weighted by Gasteiger charge is -2.23. The maximum atomic E-state index is 4.89. The first-order valence-corrected chi connectivity index (χ1v) is 16.5. The topological polar surface area (TPSA) is 31.2 Å². The minimum absolute atomic E-state index is 0.454. The number of thiophene rings is 2. The van der Waals surface area contributed by atoms with E-state index in [9.17, 15) is 0 Å². The van der Waals surface area contributed by atoms with E-state index < -0.39 is 0 Å². The number of fused-ring (bicyclic) bond motifs is 1. The van der Waals surface area contributed by atoms with Gasteiger partial charge in [0, 0.05) is 43.6 Å². The van der Waals surface area contributed by atoms with Crippen LogP contribution in [0.5, 0.6) is 0 Å². The molecule has 0 fully saturated rings. The van der Waals surface area contributed by atoms with E-state index in [4.69, 9.17) is 9.98 Å². The zero-order valence-electron chi connectivity index (χ0n) is 24.3. The van der Waals surface area contributed by atoms with Crippen LogP contribution in [0.4, 0.5) is 32.8 Å². The van der Waals surface area contributed by atoms with Crippen molar-refractivity contribution in [3.63, 3.8) is 0 Å². The van der Waals surface area contributed by atoms with Crippen molar-refractivity contribution >= 4 is 55.4 Å². The molecule has 1 aliphatic heterocycles. The monoisotopic (exact) mass is 616 g/mol. The third kappa shape index (κ3) is 5.24. The van der Waals surface area contributed by atoms with Crippen LogP contribution in [0.3, 0.4) is 0 Å². The van der Waals surface area contributed by atoms with Crippen LogP contribution in [0.2, 0.25) is 0 Å². The predicted octanol–water partition coefficient (Wildman–Crippen LogP) is 10.3. The Morgan fingerprint density at radius 1 is 0.378 bits per heavy atom. The fraction of sp³-hybridized carbons (Fsp3) is 0.0256. The Bertz CT molecular complexity index is 1960. The van der Waals surface area contributed by atoms with Gasteiger partial charge in [0.15, 0.2) is 0 Å². The van der Waals surface area contributed by atoms with Gasteiger partial charge in [-0.2, -0.15) is 0 Å². The molecule has 3 heterocycles. The van der Waals surface area contributed by atoms with Crippen LogP contribution in [0.1, 0.15) is 0 Å². The maximum absolute atomic E-state index is 4.89. The van der Waals surface area contributed by atoms with Crippen molar-refractivity contribution in [2.24, 2.45) is 9.98 Å². The molecule has 4 nitrogen and oxygen atoms in total. The van der Waals surface area contributed by atoms with Crippen molar-refractivity contribution in [2.45, 2.75) is 0 Å². The Hall–Kier alpha value is -5.30. The van der Waals surface area contributed by atoms with Gasteiger partial charge in [-0.25, -0.2) is 0 Å².